The van der Waals surface area contributed by atoms with E-state index < -0.39 is 16.7 Å². The van der Waals surface area contributed by atoms with E-state index in [4.69, 9.17) is 28.6 Å². The summed E-state index contributed by atoms with van der Waals surface area (Å²) >= 11 is 11.6. The van der Waals surface area contributed by atoms with Crippen LogP contribution >= 0.6 is 23.8 Å². The number of nitrogens with one attached hydrogen (secondary N) is 1. The molecule has 2 aromatic carbocycles. The molecule has 1 fully saturated rings. The molecule has 1 aliphatic rings. The average Bonchev–Trinajstić information content (AvgIpc) is 3.20. The van der Waals surface area contributed by atoms with Gasteiger partial charge in [0, 0.05) is 29.2 Å². The smallest absolute Gasteiger partial charge is 0.287 e. The van der Waals surface area contributed by atoms with E-state index in [1.165, 1.54) is 17.0 Å². The number of aryl methyl sites for hydroxylation is 1. The van der Waals surface area contributed by atoms with Crippen molar-refractivity contribution in [3.8, 4) is 17.3 Å². The van der Waals surface area contributed by atoms with Gasteiger partial charge in [0.15, 0.2) is 5.11 Å². The molecule has 0 aliphatic carbocycles. The van der Waals surface area contributed by atoms with Gasteiger partial charge in [-0.15, -0.1) is 0 Å². The van der Waals surface area contributed by atoms with E-state index in [0.29, 0.717) is 22.0 Å². The molecule has 1 aliphatic heterocycles. The van der Waals surface area contributed by atoms with Gasteiger partial charge in [0.25, 0.3) is 17.5 Å². The number of nitrogens with zero attached hydrogens (tertiary/aromatic N) is 4. The number of rotatable bonds is 6. The first kappa shape index (κ1) is 26.7. The summed E-state index contributed by atoms with van der Waals surface area (Å²) in [6.07, 6.45) is 2.67. The first-order valence-electron chi connectivity index (χ1n) is 11.9. The Balaban J connectivity index is 1.42. The van der Waals surface area contributed by atoms with E-state index in [1.54, 1.807) is 42.5 Å². The van der Waals surface area contributed by atoms with Crippen molar-refractivity contribution in [3.63, 3.8) is 0 Å². The molecule has 4 aromatic rings. The highest BCUT2D eigenvalue weighted by molar-refractivity contribution is 7.80. The van der Waals surface area contributed by atoms with Crippen molar-refractivity contribution < 1.29 is 19.2 Å². The molecular weight excluding hydrogens is 554 g/mol. The number of aromatic nitrogens is 2. The first-order chi connectivity index (χ1) is 19.1. The summed E-state index contributed by atoms with van der Waals surface area (Å²) in [4.78, 5) is 41.6. The summed E-state index contributed by atoms with van der Waals surface area (Å²) in [6.45, 7) is 3.79. The van der Waals surface area contributed by atoms with Gasteiger partial charge in [-0.05, 0) is 80.2 Å². The Labute approximate surface area is 238 Å². The van der Waals surface area contributed by atoms with Gasteiger partial charge in [0.05, 0.1) is 15.6 Å². The fraction of sp³-hybridized carbons (Fsp3) is 0.0714. The first-order valence-corrected chi connectivity index (χ1v) is 12.7. The second-order valence-electron chi connectivity index (χ2n) is 8.78. The molecule has 0 atom stereocenters. The number of carbonyl (C=O) groups excluding carboxylic acids is 2. The number of thiocarbonyl (C=S) groups is 1. The van der Waals surface area contributed by atoms with Gasteiger partial charge in [-0.25, -0.2) is 4.98 Å². The lowest BCUT2D eigenvalue weighted by Crippen LogP contribution is -2.54. The Morgan fingerprint density at radius 1 is 1.07 bits per heavy atom. The fourth-order valence-electron chi connectivity index (χ4n) is 4.32. The van der Waals surface area contributed by atoms with Gasteiger partial charge in [-0.3, -0.25) is 29.9 Å². The number of hydrogen-bond donors (Lipinski definition) is 1. The average molecular weight is 574 g/mol. The second-order valence-corrected chi connectivity index (χ2v) is 9.57. The maximum atomic E-state index is 13.4. The standard InChI is InChI=1S/C28H20ClN5O5S/c1-16-13-18(14-22-26(35)31-28(40)33(27(22)36)24-6-4-3-5-23(24)29)17(2)32(16)19-7-10-21(11-8-19)39-25-12-9-20(15-30-25)34(37)38/h3-15H,1-2H3,(H,31,35,40)/b22-14+. The van der Waals surface area contributed by atoms with Crippen molar-refractivity contribution in [1.29, 1.82) is 0 Å². The maximum absolute atomic E-state index is 13.4. The molecule has 2 aromatic heterocycles. The van der Waals surface area contributed by atoms with Crippen LogP contribution in [0.15, 0.2) is 78.5 Å². The van der Waals surface area contributed by atoms with Gasteiger partial charge in [0.1, 0.15) is 17.5 Å². The topological polar surface area (TPSA) is 120 Å². The Bertz CT molecular complexity index is 1710. The number of amides is 2. The predicted octanol–water partition coefficient (Wildman–Crippen LogP) is 5.67. The highest BCUT2D eigenvalue weighted by atomic mass is 35.5. The van der Waals surface area contributed by atoms with Crippen LogP contribution in [0.2, 0.25) is 5.02 Å². The van der Waals surface area contributed by atoms with Crippen molar-refractivity contribution in [2.24, 2.45) is 0 Å². The Hall–Kier alpha value is -4.87. The van der Waals surface area contributed by atoms with Crippen LogP contribution in [0.5, 0.6) is 11.6 Å². The summed E-state index contributed by atoms with van der Waals surface area (Å²) in [7, 11) is 0. The normalized spacial score (nSPS) is 14.4. The summed E-state index contributed by atoms with van der Waals surface area (Å²) in [5, 5.41) is 13.7. The molecule has 0 bridgehead atoms. The number of anilines is 1. The van der Waals surface area contributed by atoms with Gasteiger partial charge in [0.2, 0.25) is 5.88 Å². The number of halogens is 1. The molecule has 0 spiro atoms. The molecule has 200 valence electrons. The van der Waals surface area contributed by atoms with Crippen LogP contribution in [-0.2, 0) is 9.59 Å². The third kappa shape index (κ3) is 5.07. The fourth-order valence-corrected chi connectivity index (χ4v) is 4.81. The molecule has 0 radical (unpaired) electrons. The molecule has 1 saturated heterocycles. The molecule has 1 N–H and O–H groups in total. The van der Waals surface area contributed by atoms with Gasteiger partial charge < -0.3 is 9.30 Å². The SMILES string of the molecule is Cc1cc(/C=C2\C(=O)NC(=S)N(c3ccccc3Cl)C2=O)c(C)n1-c1ccc(Oc2ccc([N+](=O)[O-])cn2)cc1. The lowest BCUT2D eigenvalue weighted by atomic mass is 10.1. The lowest BCUT2D eigenvalue weighted by Gasteiger charge is -2.29. The van der Waals surface area contributed by atoms with Gasteiger partial charge in [-0.2, -0.15) is 0 Å². The van der Waals surface area contributed by atoms with Crippen LogP contribution in [0.25, 0.3) is 11.8 Å². The Morgan fingerprint density at radius 3 is 2.45 bits per heavy atom. The maximum Gasteiger partial charge on any atom is 0.287 e. The van der Waals surface area contributed by atoms with Crippen LogP contribution in [0.1, 0.15) is 17.0 Å². The molecule has 10 nitrogen and oxygen atoms in total. The molecule has 5 rings (SSSR count). The number of nitro groups is 1. The zero-order chi connectivity index (χ0) is 28.6. The summed E-state index contributed by atoms with van der Waals surface area (Å²) in [6, 6.07) is 18.5. The Morgan fingerprint density at radius 2 is 1.80 bits per heavy atom. The zero-order valence-electron chi connectivity index (χ0n) is 21.1. The minimum atomic E-state index is -0.593. The highest BCUT2D eigenvalue weighted by Crippen LogP contribution is 2.30. The van der Waals surface area contributed by atoms with Crippen molar-refractivity contribution in [1.82, 2.24) is 14.9 Å². The lowest BCUT2D eigenvalue weighted by molar-refractivity contribution is -0.385. The molecule has 3 heterocycles. The second kappa shape index (κ2) is 10.7. The monoisotopic (exact) mass is 573 g/mol. The van der Waals surface area contributed by atoms with Crippen molar-refractivity contribution in [3.05, 3.63) is 111 Å². The van der Waals surface area contributed by atoms with E-state index in [2.05, 4.69) is 10.3 Å². The van der Waals surface area contributed by atoms with Crippen LogP contribution < -0.4 is 15.0 Å². The van der Waals surface area contributed by atoms with Gasteiger partial charge in [-0.1, -0.05) is 23.7 Å². The molecule has 0 saturated carbocycles. The van der Waals surface area contributed by atoms with E-state index in [9.17, 15) is 19.7 Å². The van der Waals surface area contributed by atoms with Crippen LogP contribution in [0, 0.1) is 24.0 Å². The van der Waals surface area contributed by atoms with Crippen LogP contribution in [-0.4, -0.2) is 31.4 Å². The minimum Gasteiger partial charge on any atom is -0.439 e. The zero-order valence-corrected chi connectivity index (χ0v) is 22.7. The quantitative estimate of drug-likeness (QED) is 0.104. The predicted molar refractivity (Wildman–Crippen MR) is 154 cm³/mol. The van der Waals surface area contributed by atoms with Crippen molar-refractivity contribution >= 4 is 58.2 Å². The van der Waals surface area contributed by atoms with E-state index in [-0.39, 0.29) is 22.3 Å². The Kier molecular flexibility index (Phi) is 7.16. The number of ether oxygens (including phenoxy) is 1. The van der Waals surface area contributed by atoms with Gasteiger partial charge >= 0.3 is 0 Å². The van der Waals surface area contributed by atoms with Crippen molar-refractivity contribution in [2.75, 3.05) is 4.90 Å². The molecule has 12 heteroatoms. The summed E-state index contributed by atoms with van der Waals surface area (Å²) < 4.78 is 7.67. The van der Waals surface area contributed by atoms with Crippen LogP contribution in [0.4, 0.5) is 11.4 Å². The third-order valence-electron chi connectivity index (χ3n) is 6.21. The number of carbonyl (C=O) groups is 2. The molecule has 40 heavy (non-hydrogen) atoms. The summed E-state index contributed by atoms with van der Waals surface area (Å²) in [5.41, 5.74) is 3.35. The van der Waals surface area contributed by atoms with Crippen LogP contribution in [0.3, 0.4) is 0 Å². The van der Waals surface area contributed by atoms with E-state index in [1.807, 2.05) is 36.6 Å². The largest absolute Gasteiger partial charge is 0.439 e. The molecular formula is C28H20ClN5O5S. The summed E-state index contributed by atoms with van der Waals surface area (Å²) in [5.74, 6) is -0.450. The van der Waals surface area contributed by atoms with E-state index >= 15 is 0 Å². The number of benzene rings is 2. The molecule has 0 unspecified atom stereocenters. The minimum absolute atomic E-state index is 0.0445. The third-order valence-corrected chi connectivity index (χ3v) is 6.82. The van der Waals surface area contributed by atoms with E-state index in [0.717, 1.165) is 23.3 Å². The highest BCUT2D eigenvalue weighted by Gasteiger charge is 2.35. The van der Waals surface area contributed by atoms with Crippen molar-refractivity contribution in [2.45, 2.75) is 13.8 Å². The number of hydrogen-bond acceptors (Lipinski definition) is 7. The number of para-hydroxylation sites is 1. The number of pyridine rings is 1. The molecule has 2 amide bonds.